The first kappa shape index (κ1) is 14.5. The van der Waals surface area contributed by atoms with E-state index in [0.29, 0.717) is 5.56 Å². The van der Waals surface area contributed by atoms with Gasteiger partial charge < -0.3 is 10.0 Å². The predicted octanol–water partition coefficient (Wildman–Crippen LogP) is 3.13. The zero-order valence-electron chi connectivity index (χ0n) is 11.4. The lowest BCUT2D eigenvalue weighted by molar-refractivity contribution is 0.0268. The van der Waals surface area contributed by atoms with Crippen molar-refractivity contribution in [2.24, 2.45) is 0 Å². The first-order valence-electron chi connectivity index (χ1n) is 6.72. The van der Waals surface area contributed by atoms with Crippen molar-refractivity contribution < 1.29 is 9.90 Å². The summed E-state index contributed by atoms with van der Waals surface area (Å²) in [6, 6.07) is 5.56. The van der Waals surface area contributed by atoms with Crippen LogP contribution in [0.25, 0.3) is 0 Å². The van der Waals surface area contributed by atoms with E-state index in [1.807, 2.05) is 25.1 Å². The van der Waals surface area contributed by atoms with Crippen LogP contribution in [0.1, 0.15) is 41.6 Å². The molecule has 0 heterocycles. The molecule has 0 radical (unpaired) electrons. The van der Waals surface area contributed by atoms with Crippen LogP contribution in [-0.2, 0) is 0 Å². The highest BCUT2D eigenvalue weighted by Gasteiger charge is 2.29. The van der Waals surface area contributed by atoms with Gasteiger partial charge in [0.15, 0.2) is 0 Å². The number of benzene rings is 1. The van der Waals surface area contributed by atoms with E-state index in [9.17, 15) is 9.90 Å². The quantitative estimate of drug-likeness (QED) is 0.907. The monoisotopic (exact) mass is 325 g/mol. The molecule has 1 aliphatic rings. The van der Waals surface area contributed by atoms with Gasteiger partial charge >= 0.3 is 0 Å². The molecule has 2 atom stereocenters. The Hall–Kier alpha value is -0.870. The first-order chi connectivity index (χ1) is 9.00. The summed E-state index contributed by atoms with van der Waals surface area (Å²) < 4.78 is 1.00. The molecule has 104 valence electrons. The van der Waals surface area contributed by atoms with Crippen LogP contribution in [0.4, 0.5) is 0 Å². The third-order valence-corrected chi connectivity index (χ3v) is 4.81. The Bertz CT molecular complexity index is 475. The van der Waals surface area contributed by atoms with Crippen molar-refractivity contribution in [3.63, 3.8) is 0 Å². The maximum absolute atomic E-state index is 12.5. The number of carbonyl (C=O) groups excluding carboxylic acids is 1. The molecule has 2 unspecified atom stereocenters. The summed E-state index contributed by atoms with van der Waals surface area (Å²) in [6.07, 6.45) is 3.43. The molecule has 0 spiro atoms. The summed E-state index contributed by atoms with van der Waals surface area (Å²) in [5.74, 6) is -0.0125. The number of nitrogens with zero attached hydrogens (tertiary/aromatic N) is 1. The van der Waals surface area contributed by atoms with E-state index in [-0.39, 0.29) is 18.1 Å². The van der Waals surface area contributed by atoms with Gasteiger partial charge in [0.25, 0.3) is 5.91 Å². The summed E-state index contributed by atoms with van der Waals surface area (Å²) in [7, 11) is 1.79. The summed E-state index contributed by atoms with van der Waals surface area (Å²) in [4.78, 5) is 14.2. The molecule has 19 heavy (non-hydrogen) atoms. The van der Waals surface area contributed by atoms with E-state index in [1.165, 1.54) is 0 Å². The summed E-state index contributed by atoms with van der Waals surface area (Å²) in [5.41, 5.74) is 1.73. The highest BCUT2D eigenvalue weighted by Crippen LogP contribution is 2.24. The third kappa shape index (κ3) is 3.18. The topological polar surface area (TPSA) is 40.5 Å². The molecule has 0 bridgehead atoms. The van der Waals surface area contributed by atoms with E-state index < -0.39 is 0 Å². The highest BCUT2D eigenvalue weighted by atomic mass is 79.9. The number of rotatable bonds is 2. The Morgan fingerprint density at radius 2 is 2.05 bits per heavy atom. The largest absolute Gasteiger partial charge is 0.391 e. The lowest BCUT2D eigenvalue weighted by Gasteiger charge is -2.35. The summed E-state index contributed by atoms with van der Waals surface area (Å²) in [6.45, 7) is 1.97. The number of aryl methyl sites for hydroxylation is 1. The second-order valence-corrected chi connectivity index (χ2v) is 6.15. The normalized spacial score (nSPS) is 23.2. The van der Waals surface area contributed by atoms with Crippen LogP contribution in [0.15, 0.2) is 22.7 Å². The molecule has 1 aromatic carbocycles. The molecule has 1 amide bonds. The first-order valence-corrected chi connectivity index (χ1v) is 7.51. The molecule has 0 aromatic heterocycles. The Labute approximate surface area is 122 Å². The number of amides is 1. The fourth-order valence-corrected chi connectivity index (χ4v) is 2.92. The Kier molecular flexibility index (Phi) is 4.63. The van der Waals surface area contributed by atoms with Crippen molar-refractivity contribution >= 4 is 21.8 Å². The molecule has 0 saturated heterocycles. The van der Waals surface area contributed by atoms with Gasteiger partial charge in [0.2, 0.25) is 0 Å². The fourth-order valence-electron chi connectivity index (χ4n) is 2.68. The minimum absolute atomic E-state index is 0.0125. The predicted molar refractivity (Wildman–Crippen MR) is 79.2 cm³/mol. The van der Waals surface area contributed by atoms with Crippen LogP contribution < -0.4 is 0 Å². The van der Waals surface area contributed by atoms with Crippen LogP contribution in [0, 0.1) is 6.92 Å². The van der Waals surface area contributed by atoms with Gasteiger partial charge in [0.1, 0.15) is 0 Å². The number of aliphatic hydroxyl groups excluding tert-OH is 1. The van der Waals surface area contributed by atoms with Gasteiger partial charge in [-0.15, -0.1) is 0 Å². The lowest BCUT2D eigenvalue weighted by atomic mass is 9.91. The van der Waals surface area contributed by atoms with Gasteiger partial charge in [-0.2, -0.15) is 0 Å². The molecule has 3 nitrogen and oxygen atoms in total. The molecule has 1 fully saturated rings. The molecule has 2 rings (SSSR count). The molecule has 0 aliphatic heterocycles. The number of hydrogen-bond acceptors (Lipinski definition) is 2. The van der Waals surface area contributed by atoms with Crippen molar-refractivity contribution in [1.29, 1.82) is 0 Å². The minimum Gasteiger partial charge on any atom is -0.391 e. The summed E-state index contributed by atoms with van der Waals surface area (Å²) >= 11 is 3.44. The van der Waals surface area contributed by atoms with Crippen molar-refractivity contribution in [3.8, 4) is 0 Å². The third-order valence-electron chi connectivity index (χ3n) is 3.92. The zero-order chi connectivity index (χ0) is 14.0. The van der Waals surface area contributed by atoms with E-state index in [0.717, 1.165) is 35.7 Å². The van der Waals surface area contributed by atoms with E-state index in [2.05, 4.69) is 15.9 Å². The number of aliphatic hydroxyl groups is 1. The second-order valence-electron chi connectivity index (χ2n) is 5.30. The van der Waals surface area contributed by atoms with Gasteiger partial charge in [-0.1, -0.05) is 28.8 Å². The van der Waals surface area contributed by atoms with Gasteiger partial charge in [-0.05, 0) is 43.5 Å². The minimum atomic E-state index is -0.390. The number of hydrogen-bond donors (Lipinski definition) is 1. The average molecular weight is 326 g/mol. The van der Waals surface area contributed by atoms with E-state index >= 15 is 0 Å². The van der Waals surface area contributed by atoms with Crippen molar-refractivity contribution in [3.05, 3.63) is 33.8 Å². The van der Waals surface area contributed by atoms with E-state index in [4.69, 9.17) is 0 Å². The van der Waals surface area contributed by atoms with Crippen LogP contribution >= 0.6 is 15.9 Å². The molecule has 1 aliphatic carbocycles. The van der Waals surface area contributed by atoms with Crippen LogP contribution in [0.2, 0.25) is 0 Å². The van der Waals surface area contributed by atoms with Gasteiger partial charge in [0.05, 0.1) is 12.1 Å². The van der Waals surface area contributed by atoms with E-state index in [1.54, 1.807) is 11.9 Å². The Morgan fingerprint density at radius 3 is 2.68 bits per heavy atom. The van der Waals surface area contributed by atoms with Crippen molar-refractivity contribution in [1.82, 2.24) is 4.90 Å². The average Bonchev–Trinajstić information content (AvgIpc) is 2.41. The Balaban J connectivity index is 2.15. The van der Waals surface area contributed by atoms with Crippen molar-refractivity contribution in [2.75, 3.05) is 7.05 Å². The number of carbonyl (C=O) groups is 1. The molecule has 1 aromatic rings. The number of likely N-dealkylation sites (N-methyl/N-ethyl adjacent to an activating group) is 1. The Morgan fingerprint density at radius 1 is 1.37 bits per heavy atom. The van der Waals surface area contributed by atoms with Gasteiger partial charge in [-0.3, -0.25) is 4.79 Å². The van der Waals surface area contributed by atoms with Gasteiger partial charge in [0, 0.05) is 17.1 Å². The van der Waals surface area contributed by atoms with Crippen molar-refractivity contribution in [2.45, 2.75) is 44.8 Å². The lowest BCUT2D eigenvalue weighted by Crippen LogP contribution is -2.46. The highest BCUT2D eigenvalue weighted by molar-refractivity contribution is 9.10. The van der Waals surface area contributed by atoms with Crippen LogP contribution in [0.3, 0.4) is 0 Å². The van der Waals surface area contributed by atoms with Gasteiger partial charge in [-0.25, -0.2) is 0 Å². The van der Waals surface area contributed by atoms with Crippen LogP contribution in [0.5, 0.6) is 0 Å². The standard InChI is InChI=1S/C15H20BrNO2/c1-10-9-11(7-8-12(10)16)15(19)17(2)13-5-3-4-6-14(13)18/h7-9,13-14,18H,3-6H2,1-2H3. The van der Waals surface area contributed by atoms with Crippen LogP contribution in [-0.4, -0.2) is 35.1 Å². The maximum Gasteiger partial charge on any atom is 0.253 e. The molecule has 1 N–H and O–H groups in total. The zero-order valence-corrected chi connectivity index (χ0v) is 13.0. The SMILES string of the molecule is Cc1cc(C(=O)N(C)C2CCCCC2O)ccc1Br. The second kappa shape index (κ2) is 6.06. The molecule has 4 heteroatoms. The summed E-state index contributed by atoms with van der Waals surface area (Å²) in [5, 5.41) is 10.0. The maximum atomic E-state index is 12.5. The number of halogens is 1. The molecular weight excluding hydrogens is 306 g/mol. The molecular formula is C15H20BrNO2. The molecule has 1 saturated carbocycles. The smallest absolute Gasteiger partial charge is 0.253 e. The fraction of sp³-hybridized carbons (Fsp3) is 0.533.